The molecule has 4 rings (SSSR count). The van der Waals surface area contributed by atoms with Gasteiger partial charge in [-0.25, -0.2) is 0 Å². The number of hydrogen-bond donors (Lipinski definition) is 4. The number of carbonyl (C=O) groups excluding carboxylic acids is 1. The van der Waals surface area contributed by atoms with Crippen LogP contribution in [0.1, 0.15) is 39.5 Å². The van der Waals surface area contributed by atoms with E-state index in [2.05, 4.69) is 5.32 Å². The number of fused-ring (bicyclic) bond motifs is 1. The van der Waals surface area contributed by atoms with Crippen LogP contribution in [0.4, 0.5) is 0 Å². The summed E-state index contributed by atoms with van der Waals surface area (Å²) in [6, 6.07) is 0.244. The molecule has 6 N–H and O–H groups in total. The zero-order valence-electron chi connectivity index (χ0n) is 12.2. The Balaban J connectivity index is 1.57. The third kappa shape index (κ3) is 1.16. The van der Waals surface area contributed by atoms with E-state index in [1.54, 1.807) is 13.8 Å². The lowest BCUT2D eigenvalue weighted by Gasteiger charge is -2.74. The molecule has 0 aromatic carbocycles. The summed E-state index contributed by atoms with van der Waals surface area (Å²) in [5, 5.41) is 13.2. The Morgan fingerprint density at radius 1 is 1.40 bits per heavy atom. The highest BCUT2D eigenvalue weighted by atomic mass is 16.3. The predicted octanol–water partition coefficient (Wildman–Crippen LogP) is -0.0782. The van der Waals surface area contributed by atoms with E-state index in [0.29, 0.717) is 11.8 Å². The summed E-state index contributed by atoms with van der Waals surface area (Å²) in [7, 11) is 0. The summed E-state index contributed by atoms with van der Waals surface area (Å²) >= 11 is 0. The second-order valence-corrected chi connectivity index (χ2v) is 8.27. The summed E-state index contributed by atoms with van der Waals surface area (Å²) in [6.07, 6.45) is 3.66. The summed E-state index contributed by atoms with van der Waals surface area (Å²) in [4.78, 5) is 12.2. The third-order valence-electron chi connectivity index (χ3n) is 7.08. The maximum absolute atomic E-state index is 12.2. The molecule has 7 unspecified atom stereocenters. The quantitative estimate of drug-likeness (QED) is 0.543. The van der Waals surface area contributed by atoms with Crippen molar-refractivity contribution in [3.8, 4) is 0 Å². The molecule has 0 radical (unpaired) electrons. The second kappa shape index (κ2) is 3.39. The smallest absolute Gasteiger partial charge is 0.239 e. The highest BCUT2D eigenvalue weighted by molar-refractivity contribution is 5.85. The highest BCUT2D eigenvalue weighted by Crippen LogP contribution is 2.86. The molecular formula is C15H25N3O2. The molecule has 0 aromatic heterocycles. The average molecular weight is 279 g/mol. The Morgan fingerprint density at radius 2 is 2.10 bits per heavy atom. The predicted molar refractivity (Wildman–Crippen MR) is 74.2 cm³/mol. The van der Waals surface area contributed by atoms with Crippen molar-refractivity contribution in [2.24, 2.45) is 40.1 Å². The minimum Gasteiger partial charge on any atom is -0.378 e. The number of nitrogens with one attached hydrogen (secondary N) is 1. The topological polar surface area (TPSA) is 101 Å². The molecule has 5 heteroatoms. The van der Waals surface area contributed by atoms with Crippen LogP contribution in [0.3, 0.4) is 0 Å². The molecule has 0 heterocycles. The molecule has 0 saturated heterocycles. The molecule has 7 atom stereocenters. The maximum atomic E-state index is 12.2. The van der Waals surface area contributed by atoms with Crippen LogP contribution in [-0.4, -0.2) is 28.8 Å². The minimum absolute atomic E-state index is 0.0509. The lowest BCUT2D eigenvalue weighted by Crippen LogP contribution is -2.75. The van der Waals surface area contributed by atoms with Crippen LogP contribution in [0.5, 0.6) is 0 Å². The fraction of sp³-hybridized carbons (Fsp3) is 0.933. The van der Waals surface area contributed by atoms with E-state index >= 15 is 0 Å². The summed E-state index contributed by atoms with van der Waals surface area (Å²) < 4.78 is 0. The molecule has 4 aliphatic carbocycles. The first-order chi connectivity index (χ1) is 9.22. The van der Waals surface area contributed by atoms with Crippen LogP contribution < -0.4 is 16.8 Å². The molecule has 4 fully saturated rings. The number of aliphatic hydroxyl groups excluding tert-OH is 1. The zero-order valence-corrected chi connectivity index (χ0v) is 12.2. The van der Waals surface area contributed by atoms with Gasteiger partial charge in [0, 0.05) is 11.5 Å². The summed E-state index contributed by atoms with van der Waals surface area (Å²) in [5.41, 5.74) is 11.1. The number of aliphatic hydroxyl groups is 1. The van der Waals surface area contributed by atoms with E-state index in [0.717, 1.165) is 25.2 Å². The van der Waals surface area contributed by atoms with Gasteiger partial charge in [0.05, 0.1) is 5.54 Å². The van der Waals surface area contributed by atoms with Crippen LogP contribution in [0.25, 0.3) is 0 Å². The van der Waals surface area contributed by atoms with E-state index in [4.69, 9.17) is 11.5 Å². The number of amides is 1. The fourth-order valence-corrected chi connectivity index (χ4v) is 6.30. The Hall–Kier alpha value is -0.650. The summed E-state index contributed by atoms with van der Waals surface area (Å²) in [5.74, 6) is 1.64. The van der Waals surface area contributed by atoms with Gasteiger partial charge >= 0.3 is 0 Å². The lowest BCUT2D eigenvalue weighted by atomic mass is 9.31. The first-order valence-corrected chi connectivity index (χ1v) is 7.76. The largest absolute Gasteiger partial charge is 0.378 e. The van der Waals surface area contributed by atoms with Gasteiger partial charge in [0.25, 0.3) is 0 Å². The molecule has 4 saturated carbocycles. The van der Waals surface area contributed by atoms with Crippen molar-refractivity contribution in [3.63, 3.8) is 0 Å². The molecule has 1 spiro atoms. The molecule has 0 aromatic rings. The molecule has 5 nitrogen and oxygen atoms in total. The molecule has 20 heavy (non-hydrogen) atoms. The van der Waals surface area contributed by atoms with E-state index in [-0.39, 0.29) is 22.8 Å². The zero-order chi connectivity index (χ0) is 14.5. The molecule has 1 amide bonds. The fourth-order valence-electron chi connectivity index (χ4n) is 6.30. The third-order valence-corrected chi connectivity index (χ3v) is 7.08. The van der Waals surface area contributed by atoms with Gasteiger partial charge in [-0.05, 0) is 62.7 Å². The van der Waals surface area contributed by atoms with Crippen molar-refractivity contribution >= 4 is 5.91 Å². The van der Waals surface area contributed by atoms with Gasteiger partial charge in [-0.15, -0.1) is 0 Å². The number of carbonyl (C=O) groups is 1. The second-order valence-electron chi connectivity index (χ2n) is 8.27. The van der Waals surface area contributed by atoms with E-state index in [1.165, 1.54) is 6.42 Å². The van der Waals surface area contributed by atoms with Crippen molar-refractivity contribution in [3.05, 3.63) is 0 Å². The van der Waals surface area contributed by atoms with E-state index < -0.39 is 11.8 Å². The Bertz CT molecular complexity index is 486. The number of rotatable bonds is 3. The van der Waals surface area contributed by atoms with Crippen molar-refractivity contribution in [2.75, 3.05) is 0 Å². The SMILES string of the molecule is CC(C)(N)C(=O)NC1C2CC3(C(N)O)CC4CC1C43C2. The van der Waals surface area contributed by atoms with Gasteiger partial charge in [-0.1, -0.05) is 0 Å². The summed E-state index contributed by atoms with van der Waals surface area (Å²) in [6.45, 7) is 3.49. The molecule has 0 aliphatic heterocycles. The Kier molecular flexibility index (Phi) is 2.21. The average Bonchev–Trinajstić information content (AvgIpc) is 2.76. The molecule has 112 valence electrons. The number of nitrogens with two attached hydrogens (primary N) is 2. The van der Waals surface area contributed by atoms with Crippen molar-refractivity contribution < 1.29 is 9.90 Å². The van der Waals surface area contributed by atoms with Crippen molar-refractivity contribution in [1.82, 2.24) is 5.32 Å². The van der Waals surface area contributed by atoms with Crippen LogP contribution in [0.2, 0.25) is 0 Å². The van der Waals surface area contributed by atoms with Gasteiger partial charge in [0.2, 0.25) is 5.91 Å². The lowest BCUT2D eigenvalue weighted by molar-refractivity contribution is -0.284. The van der Waals surface area contributed by atoms with Gasteiger partial charge in [0.15, 0.2) is 0 Å². The monoisotopic (exact) mass is 279 g/mol. The van der Waals surface area contributed by atoms with Crippen LogP contribution >= 0.6 is 0 Å². The van der Waals surface area contributed by atoms with Crippen molar-refractivity contribution in [1.29, 1.82) is 0 Å². The molecule has 2 bridgehead atoms. The van der Waals surface area contributed by atoms with Crippen molar-refractivity contribution in [2.45, 2.75) is 57.3 Å². The van der Waals surface area contributed by atoms with Gasteiger partial charge in [-0.3, -0.25) is 4.79 Å². The van der Waals surface area contributed by atoms with E-state index in [1.807, 2.05) is 0 Å². The van der Waals surface area contributed by atoms with Crippen LogP contribution in [-0.2, 0) is 4.79 Å². The standard InChI is InChI=1S/C15H25N3O2/c1-13(2,17)12(20)18-10-7-4-14(11(16)19)6-8-3-9(10)15(8,14)5-7/h7-11,19H,3-6,16-17H2,1-2H3,(H,18,20). The van der Waals surface area contributed by atoms with Crippen LogP contribution in [0, 0.1) is 28.6 Å². The Morgan fingerprint density at radius 3 is 2.65 bits per heavy atom. The first kappa shape index (κ1) is 13.0. The molecular weight excluding hydrogens is 254 g/mol. The normalized spacial score (nSPS) is 52.9. The van der Waals surface area contributed by atoms with Crippen LogP contribution in [0.15, 0.2) is 0 Å². The van der Waals surface area contributed by atoms with Gasteiger partial charge in [0.1, 0.15) is 6.23 Å². The van der Waals surface area contributed by atoms with Gasteiger partial charge in [-0.2, -0.15) is 0 Å². The van der Waals surface area contributed by atoms with Gasteiger partial charge < -0.3 is 21.9 Å². The number of hydrogen-bond acceptors (Lipinski definition) is 4. The molecule has 4 aliphatic rings. The first-order valence-electron chi connectivity index (χ1n) is 7.76. The maximum Gasteiger partial charge on any atom is 0.239 e. The highest BCUT2D eigenvalue weighted by Gasteiger charge is 2.84. The minimum atomic E-state index is -0.827. The Labute approximate surface area is 119 Å². The van der Waals surface area contributed by atoms with E-state index in [9.17, 15) is 9.90 Å².